The molecule has 4 heterocycles. The van der Waals surface area contributed by atoms with Crippen LogP contribution >= 0.6 is 0 Å². The van der Waals surface area contributed by atoms with Crippen LogP contribution in [0.2, 0.25) is 0 Å². The largest absolute Gasteiger partial charge is 0.387 e. The second-order valence-electron chi connectivity index (χ2n) is 6.67. The van der Waals surface area contributed by atoms with E-state index < -0.39 is 0 Å². The van der Waals surface area contributed by atoms with E-state index in [2.05, 4.69) is 56.4 Å². The van der Waals surface area contributed by atoms with Crippen LogP contribution in [0.25, 0.3) is 22.3 Å². The number of pyridine rings is 2. The maximum Gasteiger partial charge on any atom is 0.137 e. The molecule has 1 aliphatic heterocycles. The Morgan fingerprint density at radius 2 is 2.00 bits per heavy atom. The van der Waals surface area contributed by atoms with Crippen LogP contribution in [0.3, 0.4) is 0 Å². The molecule has 3 aromatic heterocycles. The Bertz CT molecular complexity index is 846. The van der Waals surface area contributed by atoms with E-state index in [9.17, 15) is 0 Å². The highest BCUT2D eigenvalue weighted by Gasteiger charge is 2.17. The first-order chi connectivity index (χ1) is 11.7. The Balaban J connectivity index is 1.65. The van der Waals surface area contributed by atoms with E-state index in [0.717, 1.165) is 52.8 Å². The van der Waals surface area contributed by atoms with Gasteiger partial charge in [-0.15, -0.1) is 0 Å². The summed E-state index contributed by atoms with van der Waals surface area (Å²) in [4.78, 5) is 14.9. The Labute approximate surface area is 142 Å². The van der Waals surface area contributed by atoms with Gasteiger partial charge in [-0.1, -0.05) is 6.92 Å². The zero-order chi connectivity index (χ0) is 16.5. The lowest BCUT2D eigenvalue weighted by Gasteiger charge is -2.31. The molecule has 24 heavy (non-hydrogen) atoms. The topological polar surface area (TPSA) is 56.8 Å². The SMILES string of the molecule is CNc1cnc2[nH]c(-c3ccnc(N4CCC(C)CC4)c3)cc2c1. The fourth-order valence-corrected chi connectivity index (χ4v) is 3.30. The standard InChI is InChI=1S/C19H23N5/c1-13-4-7-24(8-5-13)18-11-14(3-6-21-18)17-10-15-9-16(20-2)12-22-19(15)23-17/h3,6,9-13,20H,4-5,7-8H2,1-2H3,(H,22,23). The fraction of sp³-hybridized carbons (Fsp3) is 0.368. The van der Waals surface area contributed by atoms with Gasteiger partial charge in [-0.2, -0.15) is 0 Å². The maximum absolute atomic E-state index is 4.58. The van der Waals surface area contributed by atoms with E-state index in [1.165, 1.54) is 12.8 Å². The summed E-state index contributed by atoms with van der Waals surface area (Å²) in [6.07, 6.45) is 6.24. The maximum atomic E-state index is 4.58. The molecule has 0 aromatic carbocycles. The second-order valence-corrected chi connectivity index (χ2v) is 6.67. The third-order valence-corrected chi connectivity index (χ3v) is 4.92. The van der Waals surface area contributed by atoms with Crippen LogP contribution < -0.4 is 10.2 Å². The smallest absolute Gasteiger partial charge is 0.137 e. The molecule has 0 radical (unpaired) electrons. The van der Waals surface area contributed by atoms with Gasteiger partial charge in [0.1, 0.15) is 11.5 Å². The first kappa shape index (κ1) is 15.0. The highest BCUT2D eigenvalue weighted by atomic mass is 15.2. The molecule has 0 amide bonds. The monoisotopic (exact) mass is 321 g/mol. The summed E-state index contributed by atoms with van der Waals surface area (Å²) >= 11 is 0. The van der Waals surface area contributed by atoms with E-state index in [-0.39, 0.29) is 0 Å². The van der Waals surface area contributed by atoms with Gasteiger partial charge >= 0.3 is 0 Å². The number of nitrogens with zero attached hydrogens (tertiary/aromatic N) is 3. The summed E-state index contributed by atoms with van der Waals surface area (Å²) in [6, 6.07) is 8.50. The number of piperidine rings is 1. The molecular weight excluding hydrogens is 298 g/mol. The minimum atomic E-state index is 0.825. The zero-order valence-corrected chi connectivity index (χ0v) is 14.2. The van der Waals surface area contributed by atoms with Crippen molar-refractivity contribution < 1.29 is 0 Å². The van der Waals surface area contributed by atoms with Crippen molar-refractivity contribution in [3.63, 3.8) is 0 Å². The van der Waals surface area contributed by atoms with Gasteiger partial charge in [-0.3, -0.25) is 0 Å². The third kappa shape index (κ3) is 2.82. The van der Waals surface area contributed by atoms with Gasteiger partial charge in [0.15, 0.2) is 0 Å². The van der Waals surface area contributed by atoms with E-state index in [1.54, 1.807) is 0 Å². The highest BCUT2D eigenvalue weighted by Crippen LogP contribution is 2.28. The number of nitrogens with one attached hydrogen (secondary N) is 2. The predicted octanol–water partition coefficient (Wildman–Crippen LogP) is 3.90. The molecule has 0 atom stereocenters. The van der Waals surface area contributed by atoms with E-state index in [0.29, 0.717) is 0 Å². The van der Waals surface area contributed by atoms with Gasteiger partial charge in [0.2, 0.25) is 0 Å². The predicted molar refractivity (Wildman–Crippen MR) is 99.5 cm³/mol. The number of hydrogen-bond donors (Lipinski definition) is 2. The molecule has 1 fully saturated rings. The average molecular weight is 321 g/mol. The van der Waals surface area contributed by atoms with E-state index in [1.807, 2.05) is 19.4 Å². The molecule has 5 heteroatoms. The molecule has 0 bridgehead atoms. The van der Waals surface area contributed by atoms with Crippen LogP contribution in [-0.4, -0.2) is 35.1 Å². The lowest BCUT2D eigenvalue weighted by Crippen LogP contribution is -2.33. The molecule has 0 aliphatic carbocycles. The van der Waals surface area contributed by atoms with Crippen LogP contribution in [0.4, 0.5) is 11.5 Å². The molecule has 0 unspecified atom stereocenters. The molecule has 1 aliphatic rings. The van der Waals surface area contributed by atoms with E-state index >= 15 is 0 Å². The van der Waals surface area contributed by atoms with Crippen LogP contribution in [-0.2, 0) is 0 Å². The molecule has 0 saturated carbocycles. The first-order valence-corrected chi connectivity index (χ1v) is 8.61. The van der Waals surface area contributed by atoms with Crippen LogP contribution in [0, 0.1) is 5.92 Å². The minimum Gasteiger partial charge on any atom is -0.387 e. The Kier molecular flexibility index (Phi) is 3.84. The molecule has 0 spiro atoms. The molecule has 5 nitrogen and oxygen atoms in total. The lowest BCUT2D eigenvalue weighted by molar-refractivity contribution is 0.436. The number of aromatic amines is 1. The van der Waals surface area contributed by atoms with Crippen molar-refractivity contribution in [2.24, 2.45) is 5.92 Å². The lowest BCUT2D eigenvalue weighted by atomic mass is 9.99. The summed E-state index contributed by atoms with van der Waals surface area (Å²) in [5.74, 6) is 1.90. The van der Waals surface area contributed by atoms with Crippen LogP contribution in [0.1, 0.15) is 19.8 Å². The quantitative estimate of drug-likeness (QED) is 0.768. The van der Waals surface area contributed by atoms with Gasteiger partial charge in [-0.05, 0) is 43.0 Å². The molecule has 2 N–H and O–H groups in total. The van der Waals surface area contributed by atoms with Crippen molar-refractivity contribution in [3.05, 3.63) is 36.7 Å². The second kappa shape index (κ2) is 6.15. The van der Waals surface area contributed by atoms with Gasteiger partial charge in [-0.25, -0.2) is 9.97 Å². The molecule has 3 aromatic rings. The average Bonchev–Trinajstić information content (AvgIpc) is 3.05. The van der Waals surface area contributed by atoms with Gasteiger partial charge < -0.3 is 15.2 Å². The van der Waals surface area contributed by atoms with Crippen molar-refractivity contribution in [1.82, 2.24) is 15.0 Å². The van der Waals surface area contributed by atoms with Gasteiger partial charge in [0, 0.05) is 43.0 Å². The first-order valence-electron chi connectivity index (χ1n) is 8.61. The summed E-state index contributed by atoms with van der Waals surface area (Å²) in [5, 5.41) is 4.24. The number of rotatable bonds is 3. The zero-order valence-electron chi connectivity index (χ0n) is 14.2. The van der Waals surface area contributed by atoms with Gasteiger partial charge in [0.05, 0.1) is 11.9 Å². The minimum absolute atomic E-state index is 0.825. The summed E-state index contributed by atoms with van der Waals surface area (Å²) in [5.41, 5.74) is 4.17. The summed E-state index contributed by atoms with van der Waals surface area (Å²) in [6.45, 7) is 4.52. The summed E-state index contributed by atoms with van der Waals surface area (Å²) < 4.78 is 0. The number of fused-ring (bicyclic) bond motifs is 1. The molecule has 1 saturated heterocycles. The number of hydrogen-bond acceptors (Lipinski definition) is 4. The molecule has 4 rings (SSSR count). The van der Waals surface area contributed by atoms with Crippen molar-refractivity contribution in [2.45, 2.75) is 19.8 Å². The molecular formula is C19H23N5. The molecule has 124 valence electrons. The number of H-pyrrole nitrogens is 1. The fourth-order valence-electron chi connectivity index (χ4n) is 3.30. The van der Waals surface area contributed by atoms with Crippen molar-refractivity contribution >= 4 is 22.5 Å². The highest BCUT2D eigenvalue weighted by molar-refractivity contribution is 5.85. The van der Waals surface area contributed by atoms with E-state index in [4.69, 9.17) is 0 Å². The third-order valence-electron chi connectivity index (χ3n) is 4.92. The summed E-state index contributed by atoms with van der Waals surface area (Å²) in [7, 11) is 1.91. The van der Waals surface area contributed by atoms with Gasteiger partial charge in [0.25, 0.3) is 0 Å². The number of anilines is 2. The van der Waals surface area contributed by atoms with Crippen molar-refractivity contribution in [1.29, 1.82) is 0 Å². The van der Waals surface area contributed by atoms with Crippen molar-refractivity contribution in [2.75, 3.05) is 30.4 Å². The number of aromatic nitrogens is 3. The Hall–Kier alpha value is -2.56. The Morgan fingerprint density at radius 1 is 1.17 bits per heavy atom. The van der Waals surface area contributed by atoms with Crippen LogP contribution in [0.15, 0.2) is 36.7 Å². The normalized spacial score (nSPS) is 15.8. The Morgan fingerprint density at radius 3 is 2.79 bits per heavy atom. The van der Waals surface area contributed by atoms with Crippen molar-refractivity contribution in [3.8, 4) is 11.3 Å². The van der Waals surface area contributed by atoms with Crippen LogP contribution in [0.5, 0.6) is 0 Å².